The summed E-state index contributed by atoms with van der Waals surface area (Å²) >= 11 is 0. The van der Waals surface area contributed by atoms with Gasteiger partial charge >= 0.3 is 5.97 Å². The number of hydrogen-bond acceptors (Lipinski definition) is 3. The van der Waals surface area contributed by atoms with E-state index in [1.54, 1.807) is 5.57 Å². The molecule has 0 radical (unpaired) electrons. The first-order chi connectivity index (χ1) is 16.2. The highest BCUT2D eigenvalue weighted by molar-refractivity contribution is 5.68. The zero-order chi connectivity index (χ0) is 24.3. The molecule has 34 heavy (non-hydrogen) atoms. The summed E-state index contributed by atoms with van der Waals surface area (Å²) in [4.78, 5) is 10.6. The van der Waals surface area contributed by atoms with Gasteiger partial charge in [-0.1, -0.05) is 58.6 Å². The predicted molar refractivity (Wildman–Crippen MR) is 139 cm³/mol. The fraction of sp³-hybridized carbons (Fsp3) is 0.900. The van der Waals surface area contributed by atoms with Gasteiger partial charge in [-0.3, -0.25) is 4.79 Å². The minimum Gasteiger partial charge on any atom is -0.480 e. The van der Waals surface area contributed by atoms with E-state index in [1.165, 1.54) is 64.2 Å². The van der Waals surface area contributed by atoms with Gasteiger partial charge in [0.25, 0.3) is 0 Å². The standard InChI is InChI=1S/C30H51NO3/c1-21(2)7-5-6-8-22-10-12-26-25-11-9-23-19-24(34-18-17-31-20-28(32)33)13-15-30(23,4)27(25)14-16-29(22,26)3/h9,21-22,24-27,31H,5-8,10-20H2,1-4H3,(H,32,33). The summed E-state index contributed by atoms with van der Waals surface area (Å²) in [6.07, 6.45) is 19.3. The van der Waals surface area contributed by atoms with Gasteiger partial charge in [0.2, 0.25) is 0 Å². The van der Waals surface area contributed by atoms with Gasteiger partial charge in [-0.05, 0) is 98.2 Å². The maximum absolute atomic E-state index is 10.6. The lowest BCUT2D eigenvalue weighted by atomic mass is 9.47. The van der Waals surface area contributed by atoms with E-state index in [4.69, 9.17) is 9.84 Å². The SMILES string of the molecule is CC(C)CCCCC1CCC2C3CC=C4CC(OCCNCC(=O)O)CCC4(C)C3CCC12C. The van der Waals surface area contributed by atoms with Gasteiger partial charge in [-0.2, -0.15) is 0 Å². The van der Waals surface area contributed by atoms with Gasteiger partial charge in [0, 0.05) is 6.54 Å². The van der Waals surface area contributed by atoms with Gasteiger partial charge in [-0.25, -0.2) is 0 Å². The van der Waals surface area contributed by atoms with E-state index in [9.17, 15) is 4.79 Å². The van der Waals surface area contributed by atoms with Gasteiger partial charge in [0.05, 0.1) is 19.3 Å². The molecule has 0 heterocycles. The molecule has 4 nitrogen and oxygen atoms in total. The van der Waals surface area contributed by atoms with E-state index >= 15 is 0 Å². The number of unbranched alkanes of at least 4 members (excludes halogenated alkanes) is 1. The third-order valence-corrected chi connectivity index (χ3v) is 10.7. The number of fused-ring (bicyclic) bond motifs is 5. The van der Waals surface area contributed by atoms with Crippen LogP contribution in [0.25, 0.3) is 0 Å². The van der Waals surface area contributed by atoms with Crippen LogP contribution in [0.1, 0.15) is 105 Å². The fourth-order valence-corrected chi connectivity index (χ4v) is 8.79. The van der Waals surface area contributed by atoms with Crippen LogP contribution in [-0.4, -0.2) is 36.9 Å². The first-order valence-corrected chi connectivity index (χ1v) is 14.5. The summed E-state index contributed by atoms with van der Waals surface area (Å²) < 4.78 is 6.16. The largest absolute Gasteiger partial charge is 0.480 e. The number of carboxylic acids is 1. The highest BCUT2D eigenvalue weighted by atomic mass is 16.5. The quantitative estimate of drug-likeness (QED) is 0.255. The maximum atomic E-state index is 10.6. The molecular formula is C30H51NO3. The normalized spacial score (nSPS) is 39.3. The molecule has 0 aromatic heterocycles. The van der Waals surface area contributed by atoms with Crippen molar-refractivity contribution < 1.29 is 14.6 Å². The Balaban J connectivity index is 1.33. The lowest BCUT2D eigenvalue weighted by Gasteiger charge is -2.58. The first-order valence-electron chi connectivity index (χ1n) is 14.5. The molecule has 7 unspecified atom stereocenters. The Morgan fingerprint density at radius 2 is 1.97 bits per heavy atom. The van der Waals surface area contributed by atoms with Crippen LogP contribution in [0, 0.1) is 40.4 Å². The van der Waals surface area contributed by atoms with Crippen molar-refractivity contribution in [2.45, 2.75) is 111 Å². The number of carbonyl (C=O) groups is 1. The minimum absolute atomic E-state index is 0.0131. The topological polar surface area (TPSA) is 58.6 Å². The Kier molecular flexibility index (Phi) is 8.50. The van der Waals surface area contributed by atoms with Crippen molar-refractivity contribution in [3.05, 3.63) is 11.6 Å². The van der Waals surface area contributed by atoms with Crippen LogP contribution in [0.2, 0.25) is 0 Å². The average molecular weight is 474 g/mol. The van der Waals surface area contributed by atoms with E-state index in [0.29, 0.717) is 30.1 Å². The van der Waals surface area contributed by atoms with E-state index in [-0.39, 0.29) is 6.54 Å². The average Bonchev–Trinajstić information content (AvgIpc) is 3.12. The molecule has 4 aliphatic rings. The van der Waals surface area contributed by atoms with Crippen LogP contribution < -0.4 is 5.32 Å². The molecule has 0 saturated heterocycles. The Morgan fingerprint density at radius 3 is 2.74 bits per heavy atom. The lowest BCUT2D eigenvalue weighted by molar-refractivity contribution is -0.136. The van der Waals surface area contributed by atoms with Crippen LogP contribution >= 0.6 is 0 Å². The Morgan fingerprint density at radius 1 is 1.15 bits per heavy atom. The molecule has 3 fully saturated rings. The molecule has 7 atom stereocenters. The number of rotatable bonds is 11. The molecular weight excluding hydrogens is 422 g/mol. The van der Waals surface area contributed by atoms with Gasteiger partial charge in [-0.15, -0.1) is 0 Å². The highest BCUT2D eigenvalue weighted by Gasteiger charge is 2.58. The van der Waals surface area contributed by atoms with Gasteiger partial charge in [0.1, 0.15) is 0 Å². The number of hydrogen-bond donors (Lipinski definition) is 2. The maximum Gasteiger partial charge on any atom is 0.317 e. The van der Waals surface area contributed by atoms with E-state index in [2.05, 4.69) is 39.1 Å². The zero-order valence-electron chi connectivity index (χ0n) is 22.4. The predicted octanol–water partition coefficient (Wildman–Crippen LogP) is 6.84. The number of carboxylic acid groups (broad SMARTS) is 1. The van der Waals surface area contributed by atoms with Gasteiger partial charge in [0.15, 0.2) is 0 Å². The molecule has 0 amide bonds. The van der Waals surface area contributed by atoms with Crippen LogP contribution in [0.15, 0.2) is 11.6 Å². The van der Waals surface area contributed by atoms with Crippen LogP contribution in [0.5, 0.6) is 0 Å². The molecule has 4 aliphatic carbocycles. The molecule has 0 spiro atoms. The molecule has 2 N–H and O–H groups in total. The van der Waals surface area contributed by atoms with Crippen molar-refractivity contribution >= 4 is 5.97 Å². The summed E-state index contributed by atoms with van der Waals surface area (Å²) in [5.41, 5.74) is 2.64. The third kappa shape index (κ3) is 5.43. The summed E-state index contributed by atoms with van der Waals surface area (Å²) in [5.74, 6) is 3.70. The molecule has 0 aromatic rings. The molecule has 0 bridgehead atoms. The highest BCUT2D eigenvalue weighted by Crippen LogP contribution is 2.66. The number of aliphatic carboxylic acids is 1. The monoisotopic (exact) mass is 473 g/mol. The van der Waals surface area contributed by atoms with Crippen LogP contribution in [0.3, 0.4) is 0 Å². The summed E-state index contributed by atoms with van der Waals surface area (Å²) in [5, 5.41) is 11.7. The van der Waals surface area contributed by atoms with Crippen molar-refractivity contribution in [1.82, 2.24) is 5.32 Å². The van der Waals surface area contributed by atoms with Crippen molar-refractivity contribution in [1.29, 1.82) is 0 Å². The zero-order valence-corrected chi connectivity index (χ0v) is 22.4. The molecule has 0 aliphatic heterocycles. The Labute approximate surface area is 208 Å². The first kappa shape index (κ1) is 26.2. The summed E-state index contributed by atoms with van der Waals surface area (Å²) in [6.45, 7) is 11.2. The number of ether oxygens (including phenoxy) is 1. The second-order valence-electron chi connectivity index (χ2n) is 13.1. The van der Waals surface area contributed by atoms with Crippen molar-refractivity contribution in [3.8, 4) is 0 Å². The third-order valence-electron chi connectivity index (χ3n) is 10.7. The Hall–Kier alpha value is -0.870. The molecule has 3 saturated carbocycles. The molecule has 4 rings (SSSR count). The Bertz CT molecular complexity index is 733. The minimum atomic E-state index is -0.807. The van der Waals surface area contributed by atoms with E-state index in [0.717, 1.165) is 42.4 Å². The van der Waals surface area contributed by atoms with Crippen LogP contribution in [-0.2, 0) is 9.53 Å². The van der Waals surface area contributed by atoms with Crippen LogP contribution in [0.4, 0.5) is 0 Å². The molecule has 194 valence electrons. The molecule has 4 heteroatoms. The smallest absolute Gasteiger partial charge is 0.317 e. The fourth-order valence-electron chi connectivity index (χ4n) is 8.79. The number of allylic oxidation sites excluding steroid dienone is 1. The molecule has 0 aromatic carbocycles. The van der Waals surface area contributed by atoms with Crippen molar-refractivity contribution in [2.75, 3.05) is 19.7 Å². The van der Waals surface area contributed by atoms with Crippen molar-refractivity contribution in [3.63, 3.8) is 0 Å². The second kappa shape index (κ2) is 11.0. The second-order valence-corrected chi connectivity index (χ2v) is 13.1. The summed E-state index contributed by atoms with van der Waals surface area (Å²) in [7, 11) is 0. The van der Waals surface area contributed by atoms with Gasteiger partial charge < -0.3 is 15.2 Å². The summed E-state index contributed by atoms with van der Waals surface area (Å²) in [6, 6.07) is 0. The van der Waals surface area contributed by atoms with E-state index in [1.807, 2.05) is 0 Å². The number of nitrogens with one attached hydrogen (secondary N) is 1. The van der Waals surface area contributed by atoms with Crippen molar-refractivity contribution in [2.24, 2.45) is 40.4 Å². The lowest BCUT2D eigenvalue weighted by Crippen LogP contribution is -2.50. The van der Waals surface area contributed by atoms with E-state index < -0.39 is 5.97 Å².